The van der Waals surface area contributed by atoms with Crippen LogP contribution in [0.4, 0.5) is 28.4 Å². The summed E-state index contributed by atoms with van der Waals surface area (Å²) in [5.41, 5.74) is 7.20. The number of amides is 3. The number of benzene rings is 5. The third-order valence-corrected chi connectivity index (χ3v) is 13.0. The average molecular weight is 918 g/mol. The number of hydrogen-bond donors (Lipinski definition) is 1. The fourth-order valence-corrected chi connectivity index (χ4v) is 9.55. The van der Waals surface area contributed by atoms with Crippen LogP contribution in [-0.4, -0.2) is 87.5 Å². The maximum Gasteiger partial charge on any atom is 0.307 e. The van der Waals surface area contributed by atoms with Gasteiger partial charge in [-0.25, -0.2) is 0 Å². The molecule has 5 aromatic carbocycles. The van der Waals surface area contributed by atoms with Crippen molar-refractivity contribution in [3.05, 3.63) is 124 Å². The van der Waals surface area contributed by atoms with Crippen LogP contribution in [0, 0.1) is 0 Å². The van der Waals surface area contributed by atoms with Crippen molar-refractivity contribution in [3.63, 3.8) is 0 Å². The van der Waals surface area contributed by atoms with Crippen LogP contribution >= 0.6 is 0 Å². The number of hydrogen-bond acceptors (Lipinski definition) is 13. The molecule has 10 rings (SSSR count). The minimum absolute atomic E-state index is 0.00349. The number of rotatable bonds is 14. The van der Waals surface area contributed by atoms with Gasteiger partial charge in [0.15, 0.2) is 34.6 Å². The van der Waals surface area contributed by atoms with Gasteiger partial charge >= 0.3 is 5.97 Å². The molecule has 1 unspecified atom stereocenters. The number of nitrogens with one attached hydrogen (secondary N) is 1. The SMILES string of the molecule is COc1cc2c(cc1OCc1cc(COc3cc4c(cc3OC)C(=O)N3c5ccccc5C[C@H]3C(=O)N4)cc(N(C)CCCC(=O)OC3C(=O)CCC3=O)c1)N=CC1Cc3ccccc3N1C2=O. The number of ketones is 2. The molecule has 16 heteroatoms. The second-order valence-electron chi connectivity index (χ2n) is 17.3. The molecule has 0 spiro atoms. The molecule has 16 nitrogen and oxygen atoms in total. The van der Waals surface area contributed by atoms with Gasteiger partial charge in [0, 0.05) is 81.1 Å². The largest absolute Gasteiger partial charge is 0.493 e. The normalized spacial score (nSPS) is 17.8. The van der Waals surface area contributed by atoms with E-state index in [4.69, 9.17) is 28.7 Å². The van der Waals surface area contributed by atoms with E-state index in [1.165, 1.54) is 14.2 Å². The third-order valence-electron chi connectivity index (χ3n) is 13.0. The molecule has 1 saturated carbocycles. The molecule has 4 aliphatic heterocycles. The van der Waals surface area contributed by atoms with E-state index in [9.17, 15) is 28.8 Å². The highest BCUT2D eigenvalue weighted by atomic mass is 16.6. The zero-order valence-corrected chi connectivity index (χ0v) is 37.6. The van der Waals surface area contributed by atoms with Crippen LogP contribution in [0.25, 0.3) is 0 Å². The Morgan fingerprint density at radius 2 is 1.32 bits per heavy atom. The van der Waals surface area contributed by atoms with Crippen molar-refractivity contribution in [2.45, 2.75) is 69.9 Å². The summed E-state index contributed by atoms with van der Waals surface area (Å²) in [6.07, 6.45) is 2.06. The molecular formula is C52H47N5O11. The lowest BCUT2D eigenvalue weighted by molar-refractivity contribution is -0.157. The molecule has 5 aromatic rings. The van der Waals surface area contributed by atoms with E-state index in [1.807, 2.05) is 78.7 Å². The molecule has 1 fully saturated rings. The highest BCUT2D eigenvalue weighted by Gasteiger charge is 2.43. The first-order chi connectivity index (χ1) is 33.0. The molecule has 4 heterocycles. The molecular weight excluding hydrogens is 871 g/mol. The number of Topliss-reactive ketones (excluding diaryl/α,β-unsaturated/α-hetero) is 2. The van der Waals surface area contributed by atoms with Crippen molar-refractivity contribution in [1.29, 1.82) is 0 Å². The maximum atomic E-state index is 14.1. The van der Waals surface area contributed by atoms with Crippen molar-refractivity contribution in [3.8, 4) is 23.0 Å². The first kappa shape index (κ1) is 43.9. The topological polar surface area (TPSA) is 183 Å². The molecule has 2 atom stereocenters. The number of methoxy groups -OCH3 is 2. The molecule has 1 N–H and O–H groups in total. The Morgan fingerprint density at radius 1 is 0.721 bits per heavy atom. The standard InChI is InChI=1S/C52H47N5O11/c1-55(16-8-13-48(60)68-49-42(58)14-15-43(49)59)33-18-29(27-66-46-24-37-35(22-44(46)64-2)51(62)56-34(26-53-37)20-31-9-4-6-11-39(31)56)17-30(19-33)28-67-47-25-38-36(23-45(47)65-3)52(63)57-40-12-7-5-10-32(40)21-41(57)50(61)54-38/h4-7,9-12,17-19,22-26,34,41,49H,8,13-16,20-21,27-28H2,1-3H3,(H,54,61)/t34?,41-/m0/s1. The van der Waals surface area contributed by atoms with Gasteiger partial charge in [-0.05, 0) is 71.1 Å². The first-order valence-electron chi connectivity index (χ1n) is 22.4. The van der Waals surface area contributed by atoms with Gasteiger partial charge in [-0.15, -0.1) is 0 Å². The highest BCUT2D eigenvalue weighted by Crippen LogP contribution is 2.43. The van der Waals surface area contributed by atoms with Gasteiger partial charge in [-0.3, -0.25) is 43.6 Å². The molecule has 5 aliphatic rings. The summed E-state index contributed by atoms with van der Waals surface area (Å²) < 4.78 is 29.6. The van der Waals surface area contributed by atoms with E-state index in [0.29, 0.717) is 71.4 Å². The smallest absolute Gasteiger partial charge is 0.307 e. The van der Waals surface area contributed by atoms with E-state index >= 15 is 0 Å². The van der Waals surface area contributed by atoms with Crippen molar-refractivity contribution >= 4 is 69.9 Å². The van der Waals surface area contributed by atoms with Crippen molar-refractivity contribution in [1.82, 2.24) is 0 Å². The molecule has 0 radical (unpaired) electrons. The number of aliphatic imine (C=N–C) groups is 1. The number of esters is 1. The van der Waals surface area contributed by atoms with E-state index in [-0.39, 0.29) is 73.4 Å². The number of carbonyl (C=O) groups is 6. The van der Waals surface area contributed by atoms with Crippen molar-refractivity contribution < 1.29 is 52.5 Å². The Kier molecular flexibility index (Phi) is 11.6. The van der Waals surface area contributed by atoms with Gasteiger partial charge in [0.05, 0.1) is 42.8 Å². The van der Waals surface area contributed by atoms with Crippen LogP contribution in [0.15, 0.2) is 96.0 Å². The summed E-state index contributed by atoms with van der Waals surface area (Å²) in [5.74, 6) is -0.872. The van der Waals surface area contributed by atoms with Crippen molar-refractivity contribution in [2.75, 3.05) is 47.8 Å². The lowest BCUT2D eigenvalue weighted by Crippen LogP contribution is -2.42. The van der Waals surface area contributed by atoms with Gasteiger partial charge in [0.2, 0.25) is 12.0 Å². The average Bonchev–Trinajstić information content (AvgIpc) is 3.98. The number of para-hydroxylation sites is 2. The van der Waals surface area contributed by atoms with E-state index in [0.717, 1.165) is 33.6 Å². The van der Waals surface area contributed by atoms with Gasteiger partial charge < -0.3 is 33.9 Å². The zero-order chi connectivity index (χ0) is 47.2. The number of nitrogens with zero attached hydrogens (tertiary/aromatic N) is 4. The van der Waals surface area contributed by atoms with E-state index < -0.39 is 18.1 Å². The van der Waals surface area contributed by atoms with Crippen LogP contribution < -0.4 is 39.0 Å². The zero-order valence-electron chi connectivity index (χ0n) is 37.6. The summed E-state index contributed by atoms with van der Waals surface area (Å²) >= 11 is 0. The van der Waals surface area contributed by atoms with Crippen LogP contribution in [0.5, 0.6) is 23.0 Å². The predicted molar refractivity (Wildman–Crippen MR) is 251 cm³/mol. The quantitative estimate of drug-likeness (QED) is 0.0917. The Bertz CT molecular complexity index is 2950. The molecule has 0 saturated heterocycles. The van der Waals surface area contributed by atoms with Crippen LogP contribution in [-0.2, 0) is 50.0 Å². The Morgan fingerprint density at radius 3 is 2.00 bits per heavy atom. The second-order valence-corrected chi connectivity index (χ2v) is 17.3. The van der Waals surface area contributed by atoms with E-state index in [1.54, 1.807) is 40.3 Å². The van der Waals surface area contributed by atoms with Crippen molar-refractivity contribution in [2.24, 2.45) is 4.99 Å². The Balaban J connectivity index is 0.901. The summed E-state index contributed by atoms with van der Waals surface area (Å²) in [4.78, 5) is 88.5. The first-order valence-corrected chi connectivity index (χ1v) is 22.4. The molecule has 3 amide bonds. The lowest BCUT2D eigenvalue weighted by Gasteiger charge is -2.23. The summed E-state index contributed by atoms with van der Waals surface area (Å²) in [6.45, 7) is 0.508. The Labute approximate surface area is 391 Å². The minimum Gasteiger partial charge on any atom is -0.493 e. The van der Waals surface area contributed by atoms with Crippen LogP contribution in [0.1, 0.15) is 68.7 Å². The number of fused-ring (bicyclic) bond motifs is 8. The summed E-state index contributed by atoms with van der Waals surface area (Å²) in [5, 5.41) is 2.95. The van der Waals surface area contributed by atoms with Gasteiger partial charge in [0.25, 0.3) is 11.8 Å². The number of ether oxygens (including phenoxy) is 5. The predicted octanol–water partition coefficient (Wildman–Crippen LogP) is 6.73. The number of carbonyl (C=O) groups excluding carboxylic acids is 6. The third kappa shape index (κ3) is 8.15. The highest BCUT2D eigenvalue weighted by molar-refractivity contribution is 6.20. The van der Waals surface area contributed by atoms with Gasteiger partial charge in [-0.1, -0.05) is 36.4 Å². The molecule has 346 valence electrons. The van der Waals surface area contributed by atoms with Gasteiger partial charge in [-0.2, -0.15) is 0 Å². The second kappa shape index (κ2) is 18.0. The fourth-order valence-electron chi connectivity index (χ4n) is 9.55. The lowest BCUT2D eigenvalue weighted by atomic mass is 10.1. The maximum absolute atomic E-state index is 14.1. The molecule has 68 heavy (non-hydrogen) atoms. The summed E-state index contributed by atoms with van der Waals surface area (Å²) in [7, 11) is 4.86. The fraction of sp³-hybridized carbons (Fsp3) is 0.288. The minimum atomic E-state index is -1.32. The molecule has 0 aromatic heterocycles. The molecule has 1 aliphatic carbocycles. The van der Waals surface area contributed by atoms with Gasteiger partial charge in [0.1, 0.15) is 19.3 Å². The number of anilines is 4. The van der Waals surface area contributed by atoms with Crippen LogP contribution in [0.2, 0.25) is 0 Å². The Hall–Kier alpha value is -8.01. The van der Waals surface area contributed by atoms with Crippen LogP contribution in [0.3, 0.4) is 0 Å². The molecule has 0 bridgehead atoms. The summed E-state index contributed by atoms with van der Waals surface area (Å²) in [6, 6.07) is 26.7. The monoisotopic (exact) mass is 917 g/mol. The van der Waals surface area contributed by atoms with E-state index in [2.05, 4.69) is 5.32 Å².